The number of hydrogen-bond donors (Lipinski definition) is 1. The Morgan fingerprint density at radius 1 is 1.14 bits per heavy atom. The average Bonchev–Trinajstić information content (AvgIpc) is 3.52. The van der Waals surface area contributed by atoms with Gasteiger partial charge in [-0.05, 0) is 42.0 Å². The lowest BCUT2D eigenvalue weighted by molar-refractivity contribution is -0.124. The number of ketones is 1. The number of halogens is 1. The lowest BCUT2D eigenvalue weighted by atomic mass is 10.1. The molecule has 36 heavy (non-hydrogen) atoms. The summed E-state index contributed by atoms with van der Waals surface area (Å²) < 4.78 is 3.84. The van der Waals surface area contributed by atoms with Crippen LogP contribution in [-0.4, -0.2) is 55.8 Å². The molecule has 0 atom stereocenters. The van der Waals surface area contributed by atoms with E-state index in [2.05, 4.69) is 20.5 Å². The minimum Gasteiger partial charge on any atom is -0.354 e. The van der Waals surface area contributed by atoms with Gasteiger partial charge >= 0.3 is 0 Å². The van der Waals surface area contributed by atoms with E-state index in [-0.39, 0.29) is 17.2 Å². The van der Waals surface area contributed by atoms with Gasteiger partial charge in [-0.2, -0.15) is 0 Å². The molecule has 1 saturated heterocycles. The molecular weight excluding hydrogens is 500 g/mol. The average molecular weight is 523 g/mol. The minimum atomic E-state index is -0.131. The van der Waals surface area contributed by atoms with Crippen LogP contribution in [0.1, 0.15) is 27.3 Å². The second-order valence-electron chi connectivity index (χ2n) is 8.46. The Morgan fingerprint density at radius 2 is 2.03 bits per heavy atom. The first-order valence-electron chi connectivity index (χ1n) is 11.5. The highest BCUT2D eigenvalue weighted by Crippen LogP contribution is 2.24. The van der Waals surface area contributed by atoms with Crippen molar-refractivity contribution >= 4 is 34.6 Å². The molecule has 9 nitrogen and oxygen atoms in total. The van der Waals surface area contributed by atoms with Gasteiger partial charge in [-0.15, -0.1) is 16.4 Å². The molecule has 1 N–H and O–H groups in total. The quantitative estimate of drug-likeness (QED) is 0.357. The van der Waals surface area contributed by atoms with E-state index in [0.717, 1.165) is 23.5 Å². The van der Waals surface area contributed by atoms with Crippen LogP contribution >= 0.6 is 22.9 Å². The van der Waals surface area contributed by atoms with Crippen LogP contribution in [0.5, 0.6) is 0 Å². The van der Waals surface area contributed by atoms with E-state index < -0.39 is 0 Å². The number of piperazine rings is 1. The zero-order chi connectivity index (χ0) is 25.1. The molecule has 1 aliphatic heterocycles. The molecule has 1 fully saturated rings. The van der Waals surface area contributed by atoms with Crippen LogP contribution in [0.4, 0.5) is 0 Å². The summed E-state index contributed by atoms with van der Waals surface area (Å²) in [5.74, 6) is 0.00106. The van der Waals surface area contributed by atoms with Gasteiger partial charge in [0.2, 0.25) is 5.91 Å². The van der Waals surface area contributed by atoms with Gasteiger partial charge in [0, 0.05) is 50.4 Å². The van der Waals surface area contributed by atoms with E-state index in [1.165, 1.54) is 17.4 Å². The van der Waals surface area contributed by atoms with Gasteiger partial charge in [0.1, 0.15) is 0 Å². The SMILES string of the molecule is O=C1CN(Cc2cc(-n3ccccc3=O)ccc2-n2cc(CCC(=O)c3ccc(Cl)s3)nn2)CCN1. The molecule has 0 saturated carbocycles. The summed E-state index contributed by atoms with van der Waals surface area (Å²) in [5, 5.41) is 11.4. The smallest absolute Gasteiger partial charge is 0.255 e. The molecule has 0 aliphatic carbocycles. The Labute approximate surface area is 215 Å². The van der Waals surface area contributed by atoms with Crippen LogP contribution in [0, 0.1) is 0 Å². The zero-order valence-electron chi connectivity index (χ0n) is 19.3. The van der Waals surface area contributed by atoms with Gasteiger partial charge in [0.25, 0.3) is 5.56 Å². The maximum atomic E-state index is 12.4. The normalized spacial score (nSPS) is 14.1. The third kappa shape index (κ3) is 5.46. The second kappa shape index (κ2) is 10.6. The van der Waals surface area contributed by atoms with Gasteiger partial charge in [0.05, 0.1) is 33.3 Å². The Morgan fingerprint density at radius 3 is 2.81 bits per heavy atom. The molecule has 1 aromatic carbocycles. The summed E-state index contributed by atoms with van der Waals surface area (Å²) >= 11 is 7.21. The fraction of sp³-hybridized carbons (Fsp3) is 0.240. The number of hydrogen-bond acceptors (Lipinski definition) is 7. The molecule has 0 bridgehead atoms. The fourth-order valence-electron chi connectivity index (χ4n) is 4.14. The molecule has 0 unspecified atom stereocenters. The number of rotatable bonds is 8. The van der Waals surface area contributed by atoms with Gasteiger partial charge in [-0.25, -0.2) is 4.68 Å². The van der Waals surface area contributed by atoms with Gasteiger partial charge < -0.3 is 5.32 Å². The van der Waals surface area contributed by atoms with E-state index in [4.69, 9.17) is 11.6 Å². The Kier molecular flexibility index (Phi) is 7.08. The summed E-state index contributed by atoms with van der Waals surface area (Å²) in [7, 11) is 0. The summed E-state index contributed by atoms with van der Waals surface area (Å²) in [6, 6.07) is 14.2. The van der Waals surface area contributed by atoms with E-state index in [9.17, 15) is 14.4 Å². The highest BCUT2D eigenvalue weighted by molar-refractivity contribution is 7.18. The molecular formula is C25H23ClN6O3S. The molecule has 1 aliphatic rings. The second-order valence-corrected chi connectivity index (χ2v) is 10.2. The van der Waals surface area contributed by atoms with Crippen LogP contribution in [0.25, 0.3) is 11.4 Å². The number of pyridine rings is 1. The van der Waals surface area contributed by atoms with E-state index >= 15 is 0 Å². The van der Waals surface area contributed by atoms with Crippen molar-refractivity contribution in [3.05, 3.63) is 91.7 Å². The van der Waals surface area contributed by atoms with Crippen molar-refractivity contribution in [2.75, 3.05) is 19.6 Å². The molecule has 0 radical (unpaired) electrons. The third-order valence-corrected chi connectivity index (χ3v) is 7.19. The molecule has 3 aromatic heterocycles. The Balaban J connectivity index is 1.41. The number of carbonyl (C=O) groups excluding carboxylic acids is 2. The van der Waals surface area contributed by atoms with Crippen molar-refractivity contribution in [2.24, 2.45) is 0 Å². The van der Waals surface area contributed by atoms with E-state index in [0.29, 0.717) is 47.4 Å². The van der Waals surface area contributed by atoms with Crippen LogP contribution in [0.3, 0.4) is 0 Å². The van der Waals surface area contributed by atoms with Gasteiger partial charge in [-0.1, -0.05) is 22.9 Å². The van der Waals surface area contributed by atoms with Crippen LogP contribution in [0.15, 0.2) is 65.7 Å². The van der Waals surface area contributed by atoms with Crippen molar-refractivity contribution in [1.29, 1.82) is 0 Å². The molecule has 184 valence electrons. The topological polar surface area (TPSA) is 102 Å². The molecule has 1 amide bonds. The predicted octanol–water partition coefficient (Wildman–Crippen LogP) is 2.88. The van der Waals surface area contributed by atoms with Crippen LogP contribution < -0.4 is 10.9 Å². The summed E-state index contributed by atoms with van der Waals surface area (Å²) in [6.07, 6.45) is 4.29. The minimum absolute atomic E-state index is 0.0158. The first-order valence-corrected chi connectivity index (χ1v) is 12.7. The molecule has 11 heteroatoms. The van der Waals surface area contributed by atoms with Crippen LogP contribution in [0.2, 0.25) is 4.34 Å². The molecule has 0 spiro atoms. The number of amides is 1. The monoisotopic (exact) mass is 522 g/mol. The van der Waals surface area contributed by atoms with E-state index in [1.54, 1.807) is 39.7 Å². The number of benzene rings is 1. The van der Waals surface area contributed by atoms with Crippen LogP contribution in [-0.2, 0) is 17.8 Å². The first-order chi connectivity index (χ1) is 17.5. The lowest BCUT2D eigenvalue weighted by Crippen LogP contribution is -2.47. The van der Waals surface area contributed by atoms with Crippen molar-refractivity contribution in [3.63, 3.8) is 0 Å². The van der Waals surface area contributed by atoms with Crippen molar-refractivity contribution < 1.29 is 9.59 Å². The lowest BCUT2D eigenvalue weighted by Gasteiger charge is -2.27. The van der Waals surface area contributed by atoms with Gasteiger partial charge in [0.15, 0.2) is 5.78 Å². The number of aryl methyl sites for hydroxylation is 1. The number of thiophene rings is 1. The standard InChI is InChI=1S/C25H23ClN6O3S/c26-23-9-8-22(36-23)21(33)7-4-18-15-32(29-28-18)20-6-5-19(31-11-2-1-3-25(31)35)13-17(20)14-30-12-10-27-24(34)16-30/h1-3,5-6,8-9,11,13,15H,4,7,10,12,14,16H2,(H,27,34). The predicted molar refractivity (Wildman–Crippen MR) is 137 cm³/mol. The Hall–Kier alpha value is -3.60. The third-order valence-electron chi connectivity index (χ3n) is 5.92. The number of Topliss-reactive ketones (excluding diaryl/α,β-unsaturated/α-hetero) is 1. The van der Waals surface area contributed by atoms with Crippen molar-refractivity contribution in [2.45, 2.75) is 19.4 Å². The highest BCUT2D eigenvalue weighted by Gasteiger charge is 2.19. The number of nitrogens with zero attached hydrogens (tertiary/aromatic N) is 5. The highest BCUT2D eigenvalue weighted by atomic mass is 35.5. The largest absolute Gasteiger partial charge is 0.354 e. The van der Waals surface area contributed by atoms with Crippen molar-refractivity contribution in [1.82, 2.24) is 29.8 Å². The van der Waals surface area contributed by atoms with Gasteiger partial charge in [-0.3, -0.25) is 23.9 Å². The number of aromatic nitrogens is 4. The van der Waals surface area contributed by atoms with E-state index in [1.807, 2.05) is 24.4 Å². The summed E-state index contributed by atoms with van der Waals surface area (Å²) in [6.45, 7) is 2.11. The first kappa shape index (κ1) is 24.1. The van der Waals surface area contributed by atoms with Crippen molar-refractivity contribution in [3.8, 4) is 11.4 Å². The molecule has 4 aromatic rings. The summed E-state index contributed by atoms with van der Waals surface area (Å²) in [5.41, 5.74) is 2.98. The molecule has 4 heterocycles. The maximum absolute atomic E-state index is 12.4. The number of carbonyl (C=O) groups is 2. The maximum Gasteiger partial charge on any atom is 0.255 e. The Bertz CT molecular complexity index is 1480. The fourth-order valence-corrected chi connectivity index (χ4v) is 5.15. The molecule has 5 rings (SSSR count). The number of nitrogens with one attached hydrogen (secondary N) is 1. The summed E-state index contributed by atoms with van der Waals surface area (Å²) in [4.78, 5) is 39.4. The zero-order valence-corrected chi connectivity index (χ0v) is 20.8.